The molecule has 1 aromatic rings. The SMILES string of the molecule is CN=C(NCc1c(C)nn(C)c1C)N1CCC(C)CC1.I. The lowest BCUT2D eigenvalue weighted by molar-refractivity contribution is 0.273. The molecule has 1 aliphatic heterocycles. The number of guanidine groups is 1. The van der Waals surface area contributed by atoms with Gasteiger partial charge in [-0.3, -0.25) is 9.67 Å². The molecule has 0 spiro atoms. The van der Waals surface area contributed by atoms with Crippen molar-refractivity contribution in [2.45, 2.75) is 40.2 Å². The number of halogens is 1. The fourth-order valence-electron chi connectivity index (χ4n) is 2.79. The van der Waals surface area contributed by atoms with Crippen LogP contribution in [0.1, 0.15) is 36.7 Å². The summed E-state index contributed by atoms with van der Waals surface area (Å²) >= 11 is 0. The summed E-state index contributed by atoms with van der Waals surface area (Å²) < 4.78 is 1.94. The van der Waals surface area contributed by atoms with Crippen molar-refractivity contribution in [1.82, 2.24) is 20.0 Å². The van der Waals surface area contributed by atoms with E-state index in [1.807, 2.05) is 18.8 Å². The maximum atomic E-state index is 4.46. The van der Waals surface area contributed by atoms with Gasteiger partial charge in [-0.05, 0) is 32.6 Å². The molecular weight excluding hydrogens is 377 g/mol. The van der Waals surface area contributed by atoms with E-state index in [-0.39, 0.29) is 24.0 Å². The minimum atomic E-state index is 0. The lowest BCUT2D eigenvalue weighted by Gasteiger charge is -2.32. The molecule has 0 saturated carbocycles. The molecule has 2 heterocycles. The van der Waals surface area contributed by atoms with E-state index < -0.39 is 0 Å². The van der Waals surface area contributed by atoms with Crippen LogP contribution in [0.25, 0.3) is 0 Å². The minimum Gasteiger partial charge on any atom is -0.352 e. The van der Waals surface area contributed by atoms with Gasteiger partial charge < -0.3 is 10.2 Å². The monoisotopic (exact) mass is 405 g/mol. The molecule has 120 valence electrons. The molecule has 0 aromatic carbocycles. The molecule has 0 unspecified atom stereocenters. The third kappa shape index (κ3) is 4.34. The van der Waals surface area contributed by atoms with E-state index in [1.54, 1.807) is 0 Å². The van der Waals surface area contributed by atoms with Crippen LogP contribution in [-0.2, 0) is 13.6 Å². The first-order chi connectivity index (χ1) is 9.52. The average Bonchev–Trinajstić information content (AvgIpc) is 2.67. The van der Waals surface area contributed by atoms with Crippen LogP contribution >= 0.6 is 24.0 Å². The van der Waals surface area contributed by atoms with Crippen LogP contribution in [0.2, 0.25) is 0 Å². The molecule has 21 heavy (non-hydrogen) atoms. The third-order valence-corrected chi connectivity index (χ3v) is 4.38. The van der Waals surface area contributed by atoms with Crippen molar-refractivity contribution in [2.75, 3.05) is 20.1 Å². The molecule has 1 aliphatic rings. The lowest BCUT2D eigenvalue weighted by atomic mass is 9.99. The largest absolute Gasteiger partial charge is 0.352 e. The highest BCUT2D eigenvalue weighted by molar-refractivity contribution is 14.0. The van der Waals surface area contributed by atoms with Crippen LogP contribution < -0.4 is 5.32 Å². The number of likely N-dealkylation sites (tertiary alicyclic amines) is 1. The topological polar surface area (TPSA) is 45.5 Å². The van der Waals surface area contributed by atoms with Crippen molar-refractivity contribution < 1.29 is 0 Å². The molecule has 0 atom stereocenters. The average molecular weight is 405 g/mol. The van der Waals surface area contributed by atoms with Crippen molar-refractivity contribution in [3.8, 4) is 0 Å². The summed E-state index contributed by atoms with van der Waals surface area (Å²) in [4.78, 5) is 6.78. The Morgan fingerprint density at radius 1 is 1.33 bits per heavy atom. The maximum absolute atomic E-state index is 4.46. The Bertz CT molecular complexity index is 486. The normalized spacial score (nSPS) is 16.8. The summed E-state index contributed by atoms with van der Waals surface area (Å²) in [5, 5.41) is 7.95. The fourth-order valence-corrected chi connectivity index (χ4v) is 2.79. The summed E-state index contributed by atoms with van der Waals surface area (Å²) in [6, 6.07) is 0. The Morgan fingerprint density at radius 3 is 2.43 bits per heavy atom. The second-order valence-corrected chi connectivity index (χ2v) is 5.84. The maximum Gasteiger partial charge on any atom is 0.193 e. The first kappa shape index (κ1) is 18.3. The molecule has 1 aromatic heterocycles. The van der Waals surface area contributed by atoms with E-state index in [4.69, 9.17) is 0 Å². The predicted molar refractivity (Wildman–Crippen MR) is 98.3 cm³/mol. The summed E-state index contributed by atoms with van der Waals surface area (Å²) in [6.07, 6.45) is 2.51. The summed E-state index contributed by atoms with van der Waals surface area (Å²) in [6.45, 7) is 9.51. The van der Waals surface area contributed by atoms with Gasteiger partial charge in [0.25, 0.3) is 0 Å². The molecule has 1 saturated heterocycles. The van der Waals surface area contributed by atoms with E-state index in [1.165, 1.54) is 24.1 Å². The molecule has 0 radical (unpaired) electrons. The molecule has 0 bridgehead atoms. The first-order valence-electron chi connectivity index (χ1n) is 7.47. The Hall–Kier alpha value is -0.790. The Balaban J connectivity index is 0.00000220. The van der Waals surface area contributed by atoms with Gasteiger partial charge in [-0.15, -0.1) is 24.0 Å². The molecule has 1 N–H and O–H groups in total. The van der Waals surface area contributed by atoms with Crippen LogP contribution in [0.3, 0.4) is 0 Å². The number of hydrogen-bond acceptors (Lipinski definition) is 2. The molecular formula is C15H28IN5. The number of aliphatic imine (C=N–C) groups is 1. The minimum absolute atomic E-state index is 0. The smallest absolute Gasteiger partial charge is 0.193 e. The number of nitrogens with zero attached hydrogens (tertiary/aromatic N) is 4. The molecule has 1 fully saturated rings. The summed E-state index contributed by atoms with van der Waals surface area (Å²) in [5.74, 6) is 1.85. The second kappa shape index (κ2) is 8.00. The fraction of sp³-hybridized carbons (Fsp3) is 0.733. The zero-order chi connectivity index (χ0) is 14.7. The number of hydrogen-bond donors (Lipinski definition) is 1. The number of aryl methyl sites for hydroxylation is 2. The lowest BCUT2D eigenvalue weighted by Crippen LogP contribution is -2.45. The highest BCUT2D eigenvalue weighted by Gasteiger charge is 2.19. The molecule has 2 rings (SSSR count). The standard InChI is InChI=1S/C15H27N5.HI/c1-11-6-8-20(9-7-11)15(16-4)17-10-14-12(2)18-19(5)13(14)3;/h11H,6-10H2,1-5H3,(H,16,17);1H. The van der Waals surface area contributed by atoms with E-state index in [2.05, 4.69) is 41.1 Å². The number of aromatic nitrogens is 2. The van der Waals surface area contributed by atoms with E-state index in [9.17, 15) is 0 Å². The zero-order valence-corrected chi connectivity index (χ0v) is 16.1. The summed E-state index contributed by atoms with van der Waals surface area (Å²) in [5.41, 5.74) is 3.59. The molecule has 0 aliphatic carbocycles. The van der Waals surface area contributed by atoms with Gasteiger partial charge in [-0.2, -0.15) is 5.10 Å². The van der Waals surface area contributed by atoms with Gasteiger partial charge in [0.05, 0.1) is 5.69 Å². The first-order valence-corrected chi connectivity index (χ1v) is 7.47. The van der Waals surface area contributed by atoms with E-state index in [0.717, 1.165) is 37.2 Å². The van der Waals surface area contributed by atoms with Gasteiger partial charge >= 0.3 is 0 Å². The van der Waals surface area contributed by atoms with Crippen molar-refractivity contribution >= 4 is 29.9 Å². The highest BCUT2D eigenvalue weighted by Crippen LogP contribution is 2.16. The van der Waals surface area contributed by atoms with Crippen LogP contribution in [-0.4, -0.2) is 40.8 Å². The Labute approximate surface area is 145 Å². The van der Waals surface area contributed by atoms with Crippen molar-refractivity contribution in [3.05, 3.63) is 17.0 Å². The second-order valence-electron chi connectivity index (χ2n) is 5.84. The van der Waals surface area contributed by atoms with Crippen molar-refractivity contribution in [3.63, 3.8) is 0 Å². The summed E-state index contributed by atoms with van der Waals surface area (Å²) in [7, 11) is 3.86. The third-order valence-electron chi connectivity index (χ3n) is 4.38. The zero-order valence-electron chi connectivity index (χ0n) is 13.8. The molecule has 0 amide bonds. The van der Waals surface area contributed by atoms with Crippen LogP contribution in [0.15, 0.2) is 4.99 Å². The van der Waals surface area contributed by atoms with Gasteiger partial charge in [0.2, 0.25) is 0 Å². The van der Waals surface area contributed by atoms with Gasteiger partial charge in [0, 0.05) is 45.0 Å². The van der Waals surface area contributed by atoms with Crippen LogP contribution in [0.5, 0.6) is 0 Å². The van der Waals surface area contributed by atoms with E-state index in [0.29, 0.717) is 0 Å². The van der Waals surface area contributed by atoms with Gasteiger partial charge in [0.1, 0.15) is 0 Å². The van der Waals surface area contributed by atoms with Crippen LogP contribution in [0.4, 0.5) is 0 Å². The molecule has 5 nitrogen and oxygen atoms in total. The van der Waals surface area contributed by atoms with Crippen molar-refractivity contribution in [1.29, 1.82) is 0 Å². The predicted octanol–water partition coefficient (Wildman–Crippen LogP) is 2.46. The number of rotatable bonds is 2. The van der Waals surface area contributed by atoms with E-state index >= 15 is 0 Å². The Morgan fingerprint density at radius 2 is 1.95 bits per heavy atom. The van der Waals surface area contributed by atoms with Crippen LogP contribution in [0, 0.1) is 19.8 Å². The Kier molecular flexibility index (Phi) is 6.96. The van der Waals surface area contributed by atoms with Gasteiger partial charge in [-0.25, -0.2) is 0 Å². The highest BCUT2D eigenvalue weighted by atomic mass is 127. The quantitative estimate of drug-likeness (QED) is 0.467. The number of piperidine rings is 1. The van der Waals surface area contributed by atoms with Gasteiger partial charge in [-0.1, -0.05) is 6.92 Å². The molecule has 6 heteroatoms. The number of nitrogens with one attached hydrogen (secondary N) is 1. The van der Waals surface area contributed by atoms with Crippen molar-refractivity contribution in [2.24, 2.45) is 18.0 Å². The van der Waals surface area contributed by atoms with Gasteiger partial charge in [0.15, 0.2) is 5.96 Å².